The number of rotatable bonds is 2. The normalized spacial score (nSPS) is 23.4. The third-order valence-electron chi connectivity index (χ3n) is 4.65. The van der Waals surface area contributed by atoms with Crippen LogP contribution in [0.4, 0.5) is 4.79 Å². The molecular weight excluding hydrogens is 270 g/mol. The van der Waals surface area contributed by atoms with E-state index in [2.05, 4.69) is 10.2 Å². The van der Waals surface area contributed by atoms with Gasteiger partial charge in [-0.2, -0.15) is 0 Å². The van der Waals surface area contributed by atoms with Crippen LogP contribution >= 0.6 is 0 Å². The molecule has 120 valence electrons. The van der Waals surface area contributed by atoms with E-state index < -0.39 is 5.54 Å². The van der Waals surface area contributed by atoms with Crippen molar-refractivity contribution in [2.24, 2.45) is 5.73 Å². The van der Waals surface area contributed by atoms with Crippen LogP contribution in [0.3, 0.4) is 0 Å². The van der Waals surface area contributed by atoms with Crippen molar-refractivity contribution in [3.63, 3.8) is 0 Å². The largest absolute Gasteiger partial charge is 0.368 e. The summed E-state index contributed by atoms with van der Waals surface area (Å²) in [5, 5.41) is 3.35. The third kappa shape index (κ3) is 3.29. The van der Waals surface area contributed by atoms with Crippen molar-refractivity contribution in [3.8, 4) is 0 Å². The molecule has 2 aliphatic rings. The van der Waals surface area contributed by atoms with E-state index in [1.165, 1.54) is 0 Å². The number of nitrogens with two attached hydrogens (primary N) is 1. The smallest absolute Gasteiger partial charge is 0.319 e. The average Bonchev–Trinajstić information content (AvgIpc) is 2.75. The lowest BCUT2D eigenvalue weighted by Gasteiger charge is -2.46. The number of carbonyl (C=O) groups is 2. The van der Waals surface area contributed by atoms with E-state index in [9.17, 15) is 9.59 Å². The second-order valence-corrected chi connectivity index (χ2v) is 6.15. The lowest BCUT2D eigenvalue weighted by molar-refractivity contribution is -0.133. The number of nitrogens with zero attached hydrogens (tertiary/aromatic N) is 3. The zero-order valence-electron chi connectivity index (χ0n) is 13.1. The molecule has 0 aromatic heterocycles. The maximum Gasteiger partial charge on any atom is 0.319 e. The summed E-state index contributed by atoms with van der Waals surface area (Å²) < 4.78 is 0. The molecule has 0 saturated carbocycles. The molecule has 0 radical (unpaired) electrons. The lowest BCUT2D eigenvalue weighted by atomic mass is 9.84. The van der Waals surface area contributed by atoms with Crippen LogP contribution in [0.15, 0.2) is 0 Å². The molecule has 2 fully saturated rings. The molecular formula is C14H27N5O2. The molecule has 0 aromatic rings. The van der Waals surface area contributed by atoms with Gasteiger partial charge in [-0.25, -0.2) is 4.79 Å². The van der Waals surface area contributed by atoms with E-state index in [1.807, 2.05) is 0 Å². The van der Waals surface area contributed by atoms with Gasteiger partial charge in [0.1, 0.15) is 5.54 Å². The summed E-state index contributed by atoms with van der Waals surface area (Å²) in [6.45, 7) is 4.77. The number of carbonyl (C=O) groups excluding carboxylic acids is 2. The minimum absolute atomic E-state index is 0.00519. The first kappa shape index (κ1) is 16.0. The molecule has 2 rings (SSSR count). The Morgan fingerprint density at radius 3 is 2.33 bits per heavy atom. The summed E-state index contributed by atoms with van der Waals surface area (Å²) in [6.07, 6.45) is 2.28. The lowest BCUT2D eigenvalue weighted by Crippen LogP contribution is -2.63. The Balaban J connectivity index is 2.07. The van der Waals surface area contributed by atoms with Gasteiger partial charge < -0.3 is 20.9 Å². The Bertz CT molecular complexity index is 383. The van der Waals surface area contributed by atoms with Gasteiger partial charge in [0.15, 0.2) is 0 Å². The van der Waals surface area contributed by atoms with E-state index in [4.69, 9.17) is 5.73 Å². The van der Waals surface area contributed by atoms with Gasteiger partial charge >= 0.3 is 6.03 Å². The third-order valence-corrected chi connectivity index (χ3v) is 4.65. The molecule has 2 saturated heterocycles. The van der Waals surface area contributed by atoms with Gasteiger partial charge in [0.05, 0.1) is 0 Å². The summed E-state index contributed by atoms with van der Waals surface area (Å²) in [6, 6.07) is 0.00519. The van der Waals surface area contributed by atoms with Crippen molar-refractivity contribution in [2.75, 3.05) is 53.4 Å². The summed E-state index contributed by atoms with van der Waals surface area (Å²) >= 11 is 0. The van der Waals surface area contributed by atoms with Crippen molar-refractivity contribution in [3.05, 3.63) is 0 Å². The Morgan fingerprint density at radius 2 is 1.76 bits per heavy atom. The predicted octanol–water partition coefficient (Wildman–Crippen LogP) is -0.717. The summed E-state index contributed by atoms with van der Waals surface area (Å²) in [5.74, 6) is -0.249. The first-order chi connectivity index (χ1) is 9.97. The molecule has 0 aromatic carbocycles. The standard InChI is InChI=1S/C14H27N5O2/c1-17(2)13(21)18-9-4-14(5-10-18,12(15)20)19-8-3-6-16-7-11-19/h16H,3-11H2,1-2H3,(H2,15,20). The van der Waals surface area contributed by atoms with Crippen LogP contribution in [0.5, 0.6) is 0 Å². The Hall–Kier alpha value is -1.34. The van der Waals surface area contributed by atoms with Crippen LogP contribution in [0, 0.1) is 0 Å². The topological polar surface area (TPSA) is 81.9 Å². The highest BCUT2D eigenvalue weighted by atomic mass is 16.2. The molecule has 0 unspecified atom stereocenters. The van der Waals surface area contributed by atoms with Crippen molar-refractivity contribution in [2.45, 2.75) is 24.8 Å². The Kier molecular flexibility index (Phi) is 5.05. The molecule has 3 amide bonds. The van der Waals surface area contributed by atoms with E-state index >= 15 is 0 Å². The predicted molar refractivity (Wildman–Crippen MR) is 80.9 cm³/mol. The van der Waals surface area contributed by atoms with E-state index in [-0.39, 0.29) is 11.9 Å². The fourth-order valence-electron chi connectivity index (χ4n) is 3.34. The number of nitrogens with one attached hydrogen (secondary N) is 1. The molecule has 0 atom stereocenters. The molecule has 7 nitrogen and oxygen atoms in total. The second kappa shape index (κ2) is 6.62. The highest BCUT2D eigenvalue weighted by molar-refractivity contribution is 5.85. The highest BCUT2D eigenvalue weighted by Crippen LogP contribution is 2.29. The highest BCUT2D eigenvalue weighted by Gasteiger charge is 2.45. The molecule has 3 N–H and O–H groups in total. The maximum atomic E-state index is 12.1. The van der Waals surface area contributed by atoms with Gasteiger partial charge in [-0.05, 0) is 25.8 Å². The second-order valence-electron chi connectivity index (χ2n) is 6.15. The van der Waals surface area contributed by atoms with Crippen LogP contribution < -0.4 is 11.1 Å². The minimum atomic E-state index is -0.588. The fourth-order valence-corrected chi connectivity index (χ4v) is 3.34. The molecule has 2 aliphatic heterocycles. The molecule has 0 aliphatic carbocycles. The number of likely N-dealkylation sites (tertiary alicyclic amines) is 1. The maximum absolute atomic E-state index is 12.1. The fraction of sp³-hybridized carbons (Fsp3) is 0.857. The number of amides is 3. The first-order valence-corrected chi connectivity index (χ1v) is 7.69. The summed E-state index contributed by atoms with van der Waals surface area (Å²) in [4.78, 5) is 29.8. The van der Waals surface area contributed by atoms with Crippen LogP contribution in [-0.4, -0.2) is 85.5 Å². The van der Waals surface area contributed by atoms with E-state index in [0.29, 0.717) is 25.9 Å². The summed E-state index contributed by atoms with van der Waals surface area (Å²) in [7, 11) is 3.50. The monoisotopic (exact) mass is 297 g/mol. The van der Waals surface area contributed by atoms with E-state index in [1.54, 1.807) is 23.9 Å². The van der Waals surface area contributed by atoms with Gasteiger partial charge in [-0.1, -0.05) is 0 Å². The molecule has 21 heavy (non-hydrogen) atoms. The van der Waals surface area contributed by atoms with Gasteiger partial charge in [0, 0.05) is 46.8 Å². The van der Waals surface area contributed by atoms with Crippen LogP contribution in [-0.2, 0) is 4.79 Å². The average molecular weight is 297 g/mol. The van der Waals surface area contributed by atoms with Crippen molar-refractivity contribution in [1.29, 1.82) is 0 Å². The molecule has 2 heterocycles. The SMILES string of the molecule is CN(C)C(=O)N1CCC(C(N)=O)(N2CCCNCC2)CC1. The van der Waals surface area contributed by atoms with E-state index in [0.717, 1.165) is 32.6 Å². The number of urea groups is 1. The Labute approximate surface area is 126 Å². The number of piperidine rings is 1. The summed E-state index contributed by atoms with van der Waals surface area (Å²) in [5.41, 5.74) is 5.16. The van der Waals surface area contributed by atoms with Gasteiger partial charge in [-0.3, -0.25) is 9.69 Å². The van der Waals surface area contributed by atoms with Crippen LogP contribution in [0.1, 0.15) is 19.3 Å². The Morgan fingerprint density at radius 1 is 1.10 bits per heavy atom. The number of hydrogen-bond acceptors (Lipinski definition) is 4. The van der Waals surface area contributed by atoms with Crippen molar-refractivity contribution < 1.29 is 9.59 Å². The zero-order valence-corrected chi connectivity index (χ0v) is 13.1. The van der Waals surface area contributed by atoms with Gasteiger partial charge in [-0.15, -0.1) is 0 Å². The van der Waals surface area contributed by atoms with Crippen LogP contribution in [0.2, 0.25) is 0 Å². The number of primary amides is 1. The molecule has 0 bridgehead atoms. The first-order valence-electron chi connectivity index (χ1n) is 7.69. The quantitative estimate of drug-likeness (QED) is 0.705. The van der Waals surface area contributed by atoms with Gasteiger partial charge in [0.25, 0.3) is 0 Å². The van der Waals surface area contributed by atoms with Crippen molar-refractivity contribution in [1.82, 2.24) is 20.0 Å². The van der Waals surface area contributed by atoms with Gasteiger partial charge in [0.2, 0.25) is 5.91 Å². The zero-order chi connectivity index (χ0) is 15.5. The number of hydrogen-bond donors (Lipinski definition) is 2. The molecule has 7 heteroatoms. The van der Waals surface area contributed by atoms with Crippen molar-refractivity contribution >= 4 is 11.9 Å². The van der Waals surface area contributed by atoms with Crippen LogP contribution in [0.25, 0.3) is 0 Å². The molecule has 0 spiro atoms. The minimum Gasteiger partial charge on any atom is -0.368 e.